The van der Waals surface area contributed by atoms with E-state index in [-0.39, 0.29) is 5.91 Å². The lowest BCUT2D eigenvalue weighted by Gasteiger charge is -2.16. The highest BCUT2D eigenvalue weighted by Gasteiger charge is 2.25. The molecule has 0 aliphatic heterocycles. The van der Waals surface area contributed by atoms with Crippen LogP contribution < -0.4 is 10.1 Å². The van der Waals surface area contributed by atoms with Gasteiger partial charge in [0.25, 0.3) is 0 Å². The van der Waals surface area contributed by atoms with E-state index < -0.39 is 12.0 Å². The number of nitrogens with one attached hydrogen (secondary N) is 1. The number of aliphatic carboxylic acids is 1. The van der Waals surface area contributed by atoms with Crippen LogP contribution in [0, 0.1) is 5.92 Å². The summed E-state index contributed by atoms with van der Waals surface area (Å²) in [6.45, 7) is 0. The highest BCUT2D eigenvalue weighted by molar-refractivity contribution is 9.10. The van der Waals surface area contributed by atoms with Gasteiger partial charge in [0.15, 0.2) is 6.04 Å². The molecule has 1 aromatic rings. The molecule has 1 fully saturated rings. The molecule has 1 amide bonds. The van der Waals surface area contributed by atoms with Gasteiger partial charge in [-0.3, -0.25) is 4.79 Å². The van der Waals surface area contributed by atoms with E-state index in [1.165, 1.54) is 20.0 Å². The maximum absolute atomic E-state index is 11.9. The van der Waals surface area contributed by atoms with Crippen molar-refractivity contribution in [2.45, 2.75) is 31.7 Å². The summed E-state index contributed by atoms with van der Waals surface area (Å²) < 4.78 is 5.77. The molecule has 0 saturated heterocycles. The minimum Gasteiger partial charge on any atom is -0.496 e. The zero-order valence-electron chi connectivity index (χ0n) is 11.8. The molecule has 1 aliphatic carbocycles. The Bertz CT molecular complexity index is 542. The maximum Gasteiger partial charge on any atom is 0.330 e. The van der Waals surface area contributed by atoms with Crippen molar-refractivity contribution in [3.8, 4) is 5.75 Å². The molecule has 2 N–H and O–H groups in total. The van der Waals surface area contributed by atoms with Crippen molar-refractivity contribution < 1.29 is 19.4 Å². The Balaban J connectivity index is 2.05. The second-order valence-electron chi connectivity index (χ2n) is 5.21. The number of carboxylic acids is 1. The van der Waals surface area contributed by atoms with Gasteiger partial charge < -0.3 is 15.2 Å². The minimum atomic E-state index is -1.08. The fraction of sp³-hybridized carbons (Fsp3) is 0.467. The third-order valence-electron chi connectivity index (χ3n) is 3.54. The summed E-state index contributed by atoms with van der Waals surface area (Å²) >= 11 is 3.32. The van der Waals surface area contributed by atoms with Crippen LogP contribution in [0.25, 0.3) is 0 Å². The number of ether oxygens (including phenoxy) is 1. The van der Waals surface area contributed by atoms with Crippen LogP contribution in [0.2, 0.25) is 0 Å². The lowest BCUT2D eigenvalue weighted by Crippen LogP contribution is -2.33. The fourth-order valence-corrected chi connectivity index (χ4v) is 2.68. The molecule has 114 valence electrons. The van der Waals surface area contributed by atoms with Crippen molar-refractivity contribution in [3.63, 3.8) is 0 Å². The molecule has 0 bridgehead atoms. The molecule has 2 rings (SSSR count). The molecule has 1 aromatic carbocycles. The van der Waals surface area contributed by atoms with Crippen LogP contribution in [0.3, 0.4) is 0 Å². The first kappa shape index (κ1) is 15.8. The molecule has 1 atom stereocenters. The Kier molecular flexibility index (Phi) is 5.22. The number of carboxylic acid groups (broad SMARTS) is 1. The van der Waals surface area contributed by atoms with Crippen molar-refractivity contribution >= 4 is 27.8 Å². The van der Waals surface area contributed by atoms with Gasteiger partial charge in [0.05, 0.1) is 11.6 Å². The van der Waals surface area contributed by atoms with E-state index in [1.54, 1.807) is 18.2 Å². The van der Waals surface area contributed by atoms with Gasteiger partial charge in [0.2, 0.25) is 5.91 Å². The summed E-state index contributed by atoms with van der Waals surface area (Å²) in [7, 11) is 1.54. The van der Waals surface area contributed by atoms with E-state index in [2.05, 4.69) is 21.2 Å². The summed E-state index contributed by atoms with van der Waals surface area (Å²) in [6.07, 6.45) is 3.58. The Morgan fingerprint density at radius 3 is 2.71 bits per heavy atom. The summed E-state index contributed by atoms with van der Waals surface area (Å²) in [5.74, 6) is -0.0369. The Labute approximate surface area is 131 Å². The van der Waals surface area contributed by atoms with Gasteiger partial charge in [-0.1, -0.05) is 18.9 Å². The lowest BCUT2D eigenvalue weighted by molar-refractivity contribution is -0.142. The number of carbonyl (C=O) groups is 2. The molecule has 1 saturated carbocycles. The van der Waals surface area contributed by atoms with Gasteiger partial charge in [-0.2, -0.15) is 0 Å². The van der Waals surface area contributed by atoms with E-state index in [0.717, 1.165) is 6.42 Å². The molecule has 0 heterocycles. The van der Waals surface area contributed by atoms with Crippen molar-refractivity contribution in [3.05, 3.63) is 28.2 Å². The first-order valence-electron chi connectivity index (χ1n) is 6.87. The second kappa shape index (κ2) is 6.93. The van der Waals surface area contributed by atoms with E-state index >= 15 is 0 Å². The Morgan fingerprint density at radius 2 is 2.19 bits per heavy atom. The van der Waals surface area contributed by atoms with Gasteiger partial charge in [-0.25, -0.2) is 4.79 Å². The van der Waals surface area contributed by atoms with Gasteiger partial charge >= 0.3 is 5.97 Å². The third-order valence-corrected chi connectivity index (χ3v) is 4.16. The van der Waals surface area contributed by atoms with Crippen molar-refractivity contribution in [2.75, 3.05) is 7.11 Å². The number of benzene rings is 1. The smallest absolute Gasteiger partial charge is 0.330 e. The number of hydrogen-bond acceptors (Lipinski definition) is 3. The molecule has 21 heavy (non-hydrogen) atoms. The molecular weight excluding hydrogens is 338 g/mol. The van der Waals surface area contributed by atoms with Crippen molar-refractivity contribution in [1.29, 1.82) is 0 Å². The number of halogens is 1. The number of methoxy groups -OCH3 is 1. The number of rotatable bonds is 7. The molecule has 0 radical (unpaired) electrons. The highest BCUT2D eigenvalue weighted by atomic mass is 79.9. The van der Waals surface area contributed by atoms with Crippen LogP contribution >= 0.6 is 15.9 Å². The molecular formula is C15H18BrNO4. The van der Waals surface area contributed by atoms with Gasteiger partial charge in [-0.15, -0.1) is 0 Å². The minimum absolute atomic E-state index is 0.221. The van der Waals surface area contributed by atoms with Crippen LogP contribution in [-0.4, -0.2) is 24.1 Å². The Hall–Kier alpha value is -1.56. The lowest BCUT2D eigenvalue weighted by atomic mass is 10.1. The van der Waals surface area contributed by atoms with Crippen LogP contribution in [0.5, 0.6) is 5.75 Å². The highest BCUT2D eigenvalue weighted by Crippen LogP contribution is 2.33. The quantitative estimate of drug-likeness (QED) is 0.788. The summed E-state index contributed by atoms with van der Waals surface area (Å²) in [5.41, 5.74) is 0.509. The zero-order chi connectivity index (χ0) is 15.4. The average Bonchev–Trinajstić information content (AvgIpc) is 3.26. The van der Waals surface area contributed by atoms with Gasteiger partial charge in [0, 0.05) is 6.42 Å². The summed E-state index contributed by atoms with van der Waals surface area (Å²) in [4.78, 5) is 23.3. The molecule has 0 spiro atoms. The number of hydrogen-bond donors (Lipinski definition) is 2. The Morgan fingerprint density at radius 1 is 1.48 bits per heavy atom. The molecule has 6 heteroatoms. The SMILES string of the molecule is COc1ccc(C(NC(=O)CCC2CC2)C(=O)O)cc1Br. The van der Waals surface area contributed by atoms with Gasteiger partial charge in [-0.05, 0) is 46.0 Å². The van der Waals surface area contributed by atoms with E-state index in [0.29, 0.717) is 28.1 Å². The molecule has 1 aliphatic rings. The predicted molar refractivity (Wildman–Crippen MR) is 81.2 cm³/mol. The zero-order valence-corrected chi connectivity index (χ0v) is 13.4. The molecule has 1 unspecified atom stereocenters. The summed E-state index contributed by atoms with van der Waals surface area (Å²) in [6, 6.07) is 3.92. The van der Waals surface area contributed by atoms with Crippen LogP contribution in [0.4, 0.5) is 0 Å². The molecule has 0 aromatic heterocycles. The standard InChI is InChI=1S/C15H18BrNO4/c1-21-12-6-5-10(8-11(12)16)14(15(19)20)17-13(18)7-4-9-2-3-9/h5-6,8-9,14H,2-4,7H2,1H3,(H,17,18)(H,19,20). The third kappa shape index (κ3) is 4.46. The largest absolute Gasteiger partial charge is 0.496 e. The van der Waals surface area contributed by atoms with Crippen LogP contribution in [0.15, 0.2) is 22.7 Å². The normalized spacial score (nSPS) is 15.3. The first-order valence-corrected chi connectivity index (χ1v) is 7.66. The fourth-order valence-electron chi connectivity index (χ4n) is 2.12. The molecule has 5 nitrogen and oxygen atoms in total. The topological polar surface area (TPSA) is 75.6 Å². The monoisotopic (exact) mass is 355 g/mol. The summed E-state index contributed by atoms with van der Waals surface area (Å²) in [5, 5.41) is 11.9. The second-order valence-corrected chi connectivity index (χ2v) is 6.07. The van der Waals surface area contributed by atoms with E-state index in [4.69, 9.17) is 4.74 Å². The van der Waals surface area contributed by atoms with Crippen LogP contribution in [-0.2, 0) is 9.59 Å². The number of amides is 1. The van der Waals surface area contributed by atoms with Gasteiger partial charge in [0.1, 0.15) is 5.75 Å². The maximum atomic E-state index is 11.9. The van der Waals surface area contributed by atoms with Crippen molar-refractivity contribution in [1.82, 2.24) is 5.32 Å². The van der Waals surface area contributed by atoms with E-state index in [1.807, 2.05) is 0 Å². The number of carbonyl (C=O) groups excluding carboxylic acids is 1. The van der Waals surface area contributed by atoms with Crippen molar-refractivity contribution in [2.24, 2.45) is 5.92 Å². The predicted octanol–water partition coefficient (Wildman–Crippen LogP) is 2.89. The first-order chi connectivity index (χ1) is 10.0. The average molecular weight is 356 g/mol. The van der Waals surface area contributed by atoms with Crippen LogP contribution in [0.1, 0.15) is 37.3 Å². The van der Waals surface area contributed by atoms with E-state index in [9.17, 15) is 14.7 Å².